The number of amides is 2. The van der Waals surface area contributed by atoms with Crippen LogP contribution in [0, 0.1) is 13.8 Å². The Hall–Kier alpha value is -3.52. The minimum Gasteiger partial charge on any atom is -0.467 e. The predicted molar refractivity (Wildman–Crippen MR) is 141 cm³/mol. The number of benzene rings is 3. The maximum Gasteiger partial charge on any atom is 0.363 e. The van der Waals surface area contributed by atoms with E-state index in [9.17, 15) is 18.9 Å². The fourth-order valence-corrected chi connectivity index (χ4v) is 5.51. The number of carbonyl (C=O) groups excluding carboxylic acids is 3. The van der Waals surface area contributed by atoms with Gasteiger partial charge >= 0.3 is 13.6 Å². The molecule has 196 valence electrons. The molecular formula is C27H31N2O7P. The van der Waals surface area contributed by atoms with Crippen LogP contribution >= 0.6 is 7.60 Å². The molecule has 0 saturated carbocycles. The lowest BCUT2D eigenvalue weighted by atomic mass is 9.97. The van der Waals surface area contributed by atoms with Crippen molar-refractivity contribution in [3.63, 3.8) is 0 Å². The second-order valence-corrected chi connectivity index (χ2v) is 10.9. The molecule has 0 fully saturated rings. The summed E-state index contributed by atoms with van der Waals surface area (Å²) in [5, 5.41) is 7.57. The number of rotatable bonds is 9. The van der Waals surface area contributed by atoms with Gasteiger partial charge in [-0.3, -0.25) is 14.2 Å². The summed E-state index contributed by atoms with van der Waals surface area (Å²) in [7, 11) is -0.716. The van der Waals surface area contributed by atoms with Crippen molar-refractivity contribution in [1.29, 1.82) is 0 Å². The summed E-state index contributed by atoms with van der Waals surface area (Å²) in [5.41, 5.74) is 2.59. The van der Waals surface area contributed by atoms with Crippen LogP contribution in [-0.4, -0.2) is 44.9 Å². The topological polar surface area (TPSA) is 120 Å². The molecule has 0 aliphatic heterocycles. The van der Waals surface area contributed by atoms with E-state index in [0.29, 0.717) is 16.7 Å². The number of hydrogen-bond acceptors (Lipinski definition) is 7. The maximum absolute atomic E-state index is 13.1. The molecule has 0 aromatic heterocycles. The van der Waals surface area contributed by atoms with Gasteiger partial charge < -0.3 is 24.4 Å². The molecule has 3 aromatic rings. The minimum atomic E-state index is -4.03. The fraction of sp³-hybridized carbons (Fsp3) is 0.296. The van der Waals surface area contributed by atoms with Crippen LogP contribution in [0.5, 0.6) is 0 Å². The van der Waals surface area contributed by atoms with Crippen molar-refractivity contribution in [3.8, 4) is 0 Å². The summed E-state index contributed by atoms with van der Waals surface area (Å²) in [6.45, 7) is 5.26. The molecule has 0 spiro atoms. The molecule has 0 saturated heterocycles. The van der Waals surface area contributed by atoms with Crippen LogP contribution in [0.3, 0.4) is 0 Å². The summed E-state index contributed by atoms with van der Waals surface area (Å²) < 4.78 is 27.3. The van der Waals surface area contributed by atoms with E-state index < -0.39 is 25.3 Å². The quantitative estimate of drug-likeness (QED) is 0.307. The van der Waals surface area contributed by atoms with Crippen molar-refractivity contribution in [3.05, 3.63) is 82.4 Å². The van der Waals surface area contributed by atoms with Crippen LogP contribution in [-0.2, 0) is 23.1 Å². The van der Waals surface area contributed by atoms with Gasteiger partial charge in [0.25, 0.3) is 11.8 Å². The number of methoxy groups -OCH3 is 1. The molecule has 2 N–H and O–H groups in total. The van der Waals surface area contributed by atoms with E-state index in [4.69, 9.17) is 9.05 Å². The third-order valence-corrected chi connectivity index (χ3v) is 8.17. The third kappa shape index (κ3) is 5.91. The molecule has 0 aliphatic rings. The Labute approximate surface area is 216 Å². The molecule has 0 bridgehead atoms. The van der Waals surface area contributed by atoms with Crippen LogP contribution in [0.2, 0.25) is 0 Å². The Morgan fingerprint density at radius 3 is 2.03 bits per heavy atom. The monoisotopic (exact) mass is 526 g/mol. The van der Waals surface area contributed by atoms with Gasteiger partial charge in [0.2, 0.25) is 5.78 Å². The Balaban J connectivity index is 1.85. The SMILES string of the molecule is COC(=O)[C@@H](NC(=O)c1c(C)cc(C(=O)N[C@H](C)c2cccc3ccccc23)cc1C)P(=O)(OC)OC. The molecule has 0 radical (unpaired) electrons. The van der Waals surface area contributed by atoms with Gasteiger partial charge in [0.15, 0.2) is 0 Å². The zero-order valence-electron chi connectivity index (χ0n) is 21.7. The molecule has 3 aromatic carbocycles. The highest BCUT2D eigenvalue weighted by atomic mass is 31.2. The Morgan fingerprint density at radius 2 is 1.43 bits per heavy atom. The number of nitrogens with one attached hydrogen (secondary N) is 2. The van der Waals surface area contributed by atoms with E-state index in [1.807, 2.05) is 49.4 Å². The smallest absolute Gasteiger partial charge is 0.363 e. The molecule has 0 heterocycles. The summed E-state index contributed by atoms with van der Waals surface area (Å²) in [4.78, 5) is 38.5. The molecule has 3 rings (SSSR count). The molecule has 10 heteroatoms. The van der Waals surface area contributed by atoms with Crippen LogP contribution in [0.25, 0.3) is 10.8 Å². The second kappa shape index (κ2) is 11.7. The average molecular weight is 527 g/mol. The lowest BCUT2D eigenvalue weighted by Crippen LogP contribution is -2.42. The lowest BCUT2D eigenvalue weighted by Gasteiger charge is -2.24. The van der Waals surface area contributed by atoms with Crippen molar-refractivity contribution >= 4 is 36.2 Å². The second-order valence-electron chi connectivity index (χ2n) is 8.55. The first-order valence-corrected chi connectivity index (χ1v) is 13.2. The first-order chi connectivity index (χ1) is 17.6. The summed E-state index contributed by atoms with van der Waals surface area (Å²) in [5.74, 6) is -3.62. The molecule has 37 heavy (non-hydrogen) atoms. The van der Waals surface area contributed by atoms with Crippen molar-refractivity contribution in [2.24, 2.45) is 0 Å². The maximum atomic E-state index is 13.1. The molecule has 9 nitrogen and oxygen atoms in total. The van der Waals surface area contributed by atoms with E-state index in [-0.39, 0.29) is 17.5 Å². The van der Waals surface area contributed by atoms with Crippen molar-refractivity contribution in [1.82, 2.24) is 10.6 Å². The Morgan fingerprint density at radius 1 is 0.838 bits per heavy atom. The van der Waals surface area contributed by atoms with Crippen molar-refractivity contribution in [2.75, 3.05) is 21.3 Å². The standard InChI is InChI=1S/C27H31N2O7P/c1-16-14-20(24(30)28-18(3)21-13-9-11-19-10-7-8-12-22(19)21)15-17(2)23(16)25(31)29-26(27(32)34-4)37(33,35-5)36-6/h7-15,18,26H,1-6H3,(H,28,30)(H,29,31)/t18-,26+/m1/s1. The Bertz CT molecular complexity index is 1350. The van der Waals surface area contributed by atoms with Crippen LogP contribution < -0.4 is 10.6 Å². The lowest BCUT2D eigenvalue weighted by molar-refractivity contribution is -0.141. The number of hydrogen-bond donors (Lipinski definition) is 2. The van der Waals surface area contributed by atoms with E-state index in [0.717, 1.165) is 37.7 Å². The van der Waals surface area contributed by atoms with Gasteiger partial charge in [-0.25, -0.2) is 4.79 Å². The van der Waals surface area contributed by atoms with Crippen LogP contribution in [0.1, 0.15) is 50.4 Å². The summed E-state index contributed by atoms with van der Waals surface area (Å²) in [6, 6.07) is 16.8. The molecule has 0 unspecified atom stereocenters. The average Bonchev–Trinajstić information content (AvgIpc) is 2.89. The largest absolute Gasteiger partial charge is 0.467 e. The van der Waals surface area contributed by atoms with Crippen molar-refractivity contribution in [2.45, 2.75) is 32.6 Å². The van der Waals surface area contributed by atoms with Gasteiger partial charge in [0, 0.05) is 25.3 Å². The first kappa shape index (κ1) is 28.1. The Kier molecular flexibility index (Phi) is 8.86. The molecule has 0 aliphatic carbocycles. The minimum absolute atomic E-state index is 0.228. The van der Waals surface area contributed by atoms with E-state index in [2.05, 4.69) is 15.4 Å². The van der Waals surface area contributed by atoms with Gasteiger partial charge in [0.05, 0.1) is 13.2 Å². The van der Waals surface area contributed by atoms with Crippen molar-refractivity contribution < 1.29 is 32.7 Å². The molecule has 2 amide bonds. The van der Waals surface area contributed by atoms with Gasteiger partial charge in [-0.1, -0.05) is 42.5 Å². The van der Waals surface area contributed by atoms with Crippen LogP contribution in [0.4, 0.5) is 0 Å². The van der Waals surface area contributed by atoms with Crippen LogP contribution in [0.15, 0.2) is 54.6 Å². The zero-order chi connectivity index (χ0) is 27.3. The summed E-state index contributed by atoms with van der Waals surface area (Å²) >= 11 is 0. The fourth-order valence-electron chi connectivity index (χ4n) is 4.30. The number of aryl methyl sites for hydroxylation is 2. The third-order valence-electron chi connectivity index (χ3n) is 6.18. The number of esters is 1. The first-order valence-electron chi connectivity index (χ1n) is 11.6. The normalized spacial score (nSPS) is 13.0. The number of carbonyl (C=O) groups is 3. The highest BCUT2D eigenvalue weighted by Crippen LogP contribution is 2.51. The predicted octanol–water partition coefficient (Wildman–Crippen LogP) is 4.66. The highest BCUT2D eigenvalue weighted by molar-refractivity contribution is 7.55. The zero-order valence-corrected chi connectivity index (χ0v) is 22.6. The number of fused-ring (bicyclic) bond motifs is 1. The summed E-state index contributed by atoms with van der Waals surface area (Å²) in [6.07, 6.45) is 0. The highest BCUT2D eigenvalue weighted by Gasteiger charge is 2.42. The molecular weight excluding hydrogens is 495 g/mol. The van der Waals surface area contributed by atoms with E-state index in [1.165, 1.54) is 0 Å². The van der Waals surface area contributed by atoms with Gasteiger partial charge in [-0.15, -0.1) is 0 Å². The van der Waals surface area contributed by atoms with Gasteiger partial charge in [-0.2, -0.15) is 0 Å². The van der Waals surface area contributed by atoms with Gasteiger partial charge in [-0.05, 0) is 60.4 Å². The molecule has 2 atom stereocenters. The van der Waals surface area contributed by atoms with Gasteiger partial charge in [0.1, 0.15) is 0 Å². The van der Waals surface area contributed by atoms with E-state index in [1.54, 1.807) is 26.0 Å². The van der Waals surface area contributed by atoms with E-state index >= 15 is 0 Å². The number of ether oxygens (including phenoxy) is 1.